The van der Waals surface area contributed by atoms with Crippen LogP contribution in [0.15, 0.2) is 48.5 Å². The maximum atomic E-state index is 11.1. The van der Waals surface area contributed by atoms with Crippen molar-refractivity contribution in [1.82, 2.24) is 5.32 Å². The van der Waals surface area contributed by atoms with Crippen LogP contribution in [0, 0.1) is 10.1 Å². The van der Waals surface area contributed by atoms with E-state index in [1.54, 1.807) is 12.1 Å². The van der Waals surface area contributed by atoms with E-state index >= 15 is 0 Å². The summed E-state index contributed by atoms with van der Waals surface area (Å²) in [6.07, 6.45) is 0. The predicted octanol–water partition coefficient (Wildman–Crippen LogP) is 3.38. The number of nitro benzene ring substituents is 1. The second-order valence-corrected chi connectivity index (χ2v) is 5.11. The van der Waals surface area contributed by atoms with Gasteiger partial charge in [-0.25, -0.2) is 0 Å². The minimum absolute atomic E-state index is 0.0519. The van der Waals surface area contributed by atoms with E-state index in [0.29, 0.717) is 12.2 Å². The van der Waals surface area contributed by atoms with E-state index in [0.717, 1.165) is 11.3 Å². The Morgan fingerprint density at radius 2 is 1.95 bits per heavy atom. The van der Waals surface area contributed by atoms with Crippen molar-refractivity contribution in [2.24, 2.45) is 0 Å². The molecule has 1 aliphatic heterocycles. The summed E-state index contributed by atoms with van der Waals surface area (Å²) < 4.78 is 5.63. The number of ether oxygens (including phenoxy) is 1. The zero-order valence-electron chi connectivity index (χ0n) is 11.7. The molecule has 0 aromatic heterocycles. The van der Waals surface area contributed by atoms with Crippen molar-refractivity contribution in [3.05, 3.63) is 69.8 Å². The minimum Gasteiger partial charge on any atom is -0.491 e. The highest BCUT2D eigenvalue weighted by Gasteiger charge is 2.27. The van der Waals surface area contributed by atoms with Crippen molar-refractivity contribution < 1.29 is 9.66 Å². The number of nitrogens with one attached hydrogen (secondary N) is 1. The predicted molar refractivity (Wildman–Crippen MR) is 79.3 cm³/mol. The topological polar surface area (TPSA) is 64.4 Å². The summed E-state index contributed by atoms with van der Waals surface area (Å²) in [4.78, 5) is 10.8. The third-order valence-electron chi connectivity index (χ3n) is 3.75. The summed E-state index contributed by atoms with van der Waals surface area (Å²) in [5.74, 6) is 0.879. The molecule has 0 spiro atoms. The van der Waals surface area contributed by atoms with Gasteiger partial charge in [0, 0.05) is 23.2 Å². The van der Waals surface area contributed by atoms with Crippen molar-refractivity contribution in [2.75, 3.05) is 6.61 Å². The van der Waals surface area contributed by atoms with Crippen LogP contribution in [0.25, 0.3) is 0 Å². The average molecular weight is 284 g/mol. The summed E-state index contributed by atoms with van der Waals surface area (Å²) in [5, 5.41) is 14.5. The molecular formula is C16H16N2O3. The molecule has 5 nitrogen and oxygen atoms in total. The number of benzene rings is 2. The van der Waals surface area contributed by atoms with Gasteiger partial charge in [0.25, 0.3) is 5.69 Å². The first-order valence-electron chi connectivity index (χ1n) is 6.88. The first-order valence-corrected chi connectivity index (χ1v) is 6.88. The number of para-hydroxylation sites is 2. The molecule has 1 heterocycles. The average Bonchev–Trinajstić information content (AvgIpc) is 2.90. The molecule has 0 saturated heterocycles. The molecule has 0 aliphatic carbocycles. The van der Waals surface area contributed by atoms with Crippen LogP contribution in [-0.4, -0.2) is 11.5 Å². The van der Waals surface area contributed by atoms with Gasteiger partial charge in [0.15, 0.2) is 0 Å². The Morgan fingerprint density at radius 3 is 2.76 bits per heavy atom. The lowest BCUT2D eigenvalue weighted by molar-refractivity contribution is -0.385. The van der Waals surface area contributed by atoms with Crippen molar-refractivity contribution in [1.29, 1.82) is 0 Å². The van der Waals surface area contributed by atoms with Crippen molar-refractivity contribution in [2.45, 2.75) is 19.0 Å². The standard InChI is InChI=1S/C16H16N2O3/c1-11(12-6-2-4-8-15(12)18(19)20)17-14-10-21-16-9-5-3-7-13(14)16/h2-9,11,14,17H,10H2,1H3. The first-order chi connectivity index (χ1) is 10.2. The Hall–Kier alpha value is -2.40. The molecule has 0 bridgehead atoms. The number of fused-ring (bicyclic) bond motifs is 1. The lowest BCUT2D eigenvalue weighted by Crippen LogP contribution is -2.26. The molecule has 5 heteroatoms. The summed E-state index contributed by atoms with van der Waals surface area (Å²) in [7, 11) is 0. The van der Waals surface area contributed by atoms with Crippen LogP contribution in [0.2, 0.25) is 0 Å². The lowest BCUT2D eigenvalue weighted by Gasteiger charge is -2.19. The van der Waals surface area contributed by atoms with Gasteiger partial charge in [-0.3, -0.25) is 10.1 Å². The molecule has 2 aromatic rings. The van der Waals surface area contributed by atoms with Crippen LogP contribution < -0.4 is 10.1 Å². The van der Waals surface area contributed by atoms with Crippen LogP contribution in [0.5, 0.6) is 5.75 Å². The monoisotopic (exact) mass is 284 g/mol. The van der Waals surface area contributed by atoms with E-state index in [-0.39, 0.29) is 22.7 Å². The van der Waals surface area contributed by atoms with Gasteiger partial charge in [-0.15, -0.1) is 0 Å². The molecule has 2 aromatic carbocycles. The first kappa shape index (κ1) is 13.6. The third-order valence-corrected chi connectivity index (χ3v) is 3.75. The van der Waals surface area contributed by atoms with Gasteiger partial charge >= 0.3 is 0 Å². The van der Waals surface area contributed by atoms with Crippen LogP contribution >= 0.6 is 0 Å². The fourth-order valence-corrected chi connectivity index (χ4v) is 2.71. The van der Waals surface area contributed by atoms with Crippen LogP contribution in [0.3, 0.4) is 0 Å². The molecule has 2 atom stereocenters. The Balaban J connectivity index is 1.82. The summed E-state index contributed by atoms with van der Waals surface area (Å²) in [6, 6.07) is 14.6. The largest absolute Gasteiger partial charge is 0.491 e. The molecule has 2 unspecified atom stereocenters. The molecule has 0 saturated carbocycles. The second-order valence-electron chi connectivity index (χ2n) is 5.11. The van der Waals surface area contributed by atoms with E-state index in [9.17, 15) is 10.1 Å². The quantitative estimate of drug-likeness (QED) is 0.690. The fraction of sp³-hybridized carbons (Fsp3) is 0.250. The van der Waals surface area contributed by atoms with Gasteiger partial charge in [0.05, 0.1) is 11.0 Å². The number of nitrogens with zero attached hydrogens (tertiary/aromatic N) is 1. The number of hydrogen-bond donors (Lipinski definition) is 1. The Kier molecular flexibility index (Phi) is 3.58. The van der Waals surface area contributed by atoms with E-state index in [1.165, 1.54) is 6.07 Å². The molecule has 1 aliphatic rings. The lowest BCUT2D eigenvalue weighted by atomic mass is 10.0. The van der Waals surface area contributed by atoms with Crippen molar-refractivity contribution in [3.8, 4) is 5.75 Å². The zero-order chi connectivity index (χ0) is 14.8. The molecular weight excluding hydrogens is 268 g/mol. The van der Waals surface area contributed by atoms with E-state index in [1.807, 2.05) is 37.3 Å². The maximum absolute atomic E-state index is 11.1. The normalized spacial score (nSPS) is 17.9. The van der Waals surface area contributed by atoms with Gasteiger partial charge in [-0.2, -0.15) is 0 Å². The summed E-state index contributed by atoms with van der Waals surface area (Å²) in [5.41, 5.74) is 1.93. The van der Waals surface area contributed by atoms with Gasteiger partial charge in [0.2, 0.25) is 0 Å². The Labute approximate surface area is 122 Å². The van der Waals surface area contributed by atoms with Crippen LogP contribution in [0.1, 0.15) is 30.1 Å². The highest BCUT2D eigenvalue weighted by atomic mass is 16.6. The third kappa shape index (κ3) is 2.60. The molecule has 21 heavy (non-hydrogen) atoms. The van der Waals surface area contributed by atoms with Gasteiger partial charge in [-0.1, -0.05) is 36.4 Å². The molecule has 0 amide bonds. The number of rotatable bonds is 4. The van der Waals surface area contributed by atoms with Crippen molar-refractivity contribution >= 4 is 5.69 Å². The van der Waals surface area contributed by atoms with Crippen LogP contribution in [-0.2, 0) is 0 Å². The number of nitro groups is 1. The molecule has 0 fully saturated rings. The van der Waals surface area contributed by atoms with Gasteiger partial charge in [0.1, 0.15) is 12.4 Å². The SMILES string of the molecule is CC(NC1COc2ccccc21)c1ccccc1[N+](=O)[O-]. The summed E-state index contributed by atoms with van der Waals surface area (Å²) >= 11 is 0. The van der Waals surface area contributed by atoms with Crippen molar-refractivity contribution in [3.63, 3.8) is 0 Å². The van der Waals surface area contributed by atoms with Gasteiger partial charge in [-0.05, 0) is 13.0 Å². The maximum Gasteiger partial charge on any atom is 0.274 e. The molecule has 3 rings (SSSR count). The van der Waals surface area contributed by atoms with E-state index in [2.05, 4.69) is 5.32 Å². The second kappa shape index (κ2) is 5.54. The van der Waals surface area contributed by atoms with E-state index < -0.39 is 0 Å². The molecule has 0 radical (unpaired) electrons. The smallest absolute Gasteiger partial charge is 0.274 e. The fourth-order valence-electron chi connectivity index (χ4n) is 2.71. The molecule has 1 N–H and O–H groups in total. The van der Waals surface area contributed by atoms with Crippen LogP contribution in [0.4, 0.5) is 5.69 Å². The zero-order valence-corrected chi connectivity index (χ0v) is 11.7. The highest BCUT2D eigenvalue weighted by Crippen LogP contribution is 2.34. The van der Waals surface area contributed by atoms with Gasteiger partial charge < -0.3 is 10.1 Å². The van der Waals surface area contributed by atoms with E-state index in [4.69, 9.17) is 4.74 Å². The molecule has 108 valence electrons. The number of hydrogen-bond acceptors (Lipinski definition) is 4. The minimum atomic E-state index is -0.341. The Morgan fingerprint density at radius 1 is 1.24 bits per heavy atom. The summed E-state index contributed by atoms with van der Waals surface area (Å²) in [6.45, 7) is 2.48. The highest BCUT2D eigenvalue weighted by molar-refractivity contribution is 5.43. The Bertz CT molecular complexity index is 672.